The van der Waals surface area contributed by atoms with Crippen molar-refractivity contribution in [3.05, 3.63) is 109 Å². The Balaban J connectivity index is 1.49. The monoisotopic (exact) mass is 536 g/mol. The standard InChI is InChI=1S/C29H19Cl3O4/c30-21-6-2-1-4-16(21)5-3-7-24(33)17-8-10-18(11-9-17)29-19-12-22(31)25(34)14-27(19)36-28-15-26(35)23(32)13-20(28)29/h1-2,4,6,8-15,34H,3,5,7H2. The Morgan fingerprint density at radius 2 is 1.61 bits per heavy atom. The van der Waals surface area contributed by atoms with Crippen molar-refractivity contribution in [1.82, 2.24) is 0 Å². The van der Waals surface area contributed by atoms with E-state index in [0.717, 1.165) is 23.1 Å². The van der Waals surface area contributed by atoms with Gasteiger partial charge in [-0.2, -0.15) is 0 Å². The second kappa shape index (κ2) is 9.98. The molecule has 1 N–H and O–H groups in total. The highest BCUT2D eigenvalue weighted by atomic mass is 35.5. The van der Waals surface area contributed by atoms with E-state index in [1.54, 1.807) is 24.3 Å². The first-order valence-electron chi connectivity index (χ1n) is 11.3. The zero-order valence-electron chi connectivity index (χ0n) is 18.9. The smallest absolute Gasteiger partial charge is 0.200 e. The normalized spacial score (nSPS) is 11.3. The zero-order valence-corrected chi connectivity index (χ0v) is 21.1. The van der Waals surface area contributed by atoms with E-state index in [-0.39, 0.29) is 27.0 Å². The summed E-state index contributed by atoms with van der Waals surface area (Å²) in [4.78, 5) is 25.0. The molecule has 7 heteroatoms. The summed E-state index contributed by atoms with van der Waals surface area (Å²) in [6, 6.07) is 20.8. The minimum Gasteiger partial charge on any atom is -0.506 e. The molecule has 1 aliphatic heterocycles. The number of rotatable bonds is 6. The van der Waals surface area contributed by atoms with Gasteiger partial charge in [0.1, 0.15) is 17.1 Å². The number of ketones is 1. The van der Waals surface area contributed by atoms with Crippen LogP contribution in [0.1, 0.15) is 28.8 Å². The zero-order chi connectivity index (χ0) is 25.4. The van der Waals surface area contributed by atoms with E-state index in [0.29, 0.717) is 45.7 Å². The van der Waals surface area contributed by atoms with Gasteiger partial charge in [-0.25, -0.2) is 0 Å². The van der Waals surface area contributed by atoms with Crippen molar-refractivity contribution in [1.29, 1.82) is 0 Å². The van der Waals surface area contributed by atoms with Crippen molar-refractivity contribution in [2.24, 2.45) is 0 Å². The van der Waals surface area contributed by atoms with E-state index in [2.05, 4.69) is 0 Å². The van der Waals surface area contributed by atoms with E-state index in [1.807, 2.05) is 36.4 Å². The Hall–Kier alpha value is -3.31. The third-order valence-corrected chi connectivity index (χ3v) is 7.11. The maximum Gasteiger partial charge on any atom is 0.200 e. The van der Waals surface area contributed by atoms with Gasteiger partial charge in [-0.15, -0.1) is 0 Å². The van der Waals surface area contributed by atoms with Crippen molar-refractivity contribution in [2.45, 2.75) is 19.3 Å². The number of halogens is 3. The van der Waals surface area contributed by atoms with Gasteiger partial charge in [0.2, 0.25) is 5.43 Å². The number of Topliss-reactive ketones (excluding diaryl/α,β-unsaturated/α-hetero) is 1. The van der Waals surface area contributed by atoms with Crippen LogP contribution in [0, 0.1) is 0 Å². The van der Waals surface area contributed by atoms with Crippen LogP contribution in [-0.2, 0) is 6.42 Å². The fourth-order valence-electron chi connectivity index (χ4n) is 4.32. The van der Waals surface area contributed by atoms with Crippen LogP contribution in [0.15, 0.2) is 82.0 Å². The molecule has 4 nitrogen and oxygen atoms in total. The number of aryl methyl sites for hydroxylation is 1. The lowest BCUT2D eigenvalue weighted by molar-refractivity contribution is 0.0980. The Kier molecular flexibility index (Phi) is 6.76. The maximum absolute atomic E-state index is 12.8. The van der Waals surface area contributed by atoms with Crippen LogP contribution in [0.4, 0.5) is 0 Å². The van der Waals surface area contributed by atoms with Crippen molar-refractivity contribution in [3.8, 4) is 28.2 Å². The topological polar surface area (TPSA) is 67.5 Å². The minimum absolute atomic E-state index is 0.0402. The lowest BCUT2D eigenvalue weighted by atomic mass is 9.92. The molecular formula is C29H19Cl3O4. The predicted molar refractivity (Wildman–Crippen MR) is 145 cm³/mol. The van der Waals surface area contributed by atoms with Crippen LogP contribution in [0.5, 0.6) is 5.75 Å². The minimum atomic E-state index is -0.367. The van der Waals surface area contributed by atoms with Crippen LogP contribution < -0.4 is 5.43 Å². The van der Waals surface area contributed by atoms with Crippen molar-refractivity contribution >= 4 is 51.6 Å². The van der Waals surface area contributed by atoms with Gasteiger partial charge in [0.25, 0.3) is 0 Å². The number of carbonyl (C=O) groups is 1. The third-order valence-electron chi connectivity index (χ3n) is 6.15. The number of hydrogen-bond donors (Lipinski definition) is 1. The molecular weight excluding hydrogens is 519 g/mol. The van der Waals surface area contributed by atoms with Gasteiger partial charge in [-0.1, -0.05) is 77.3 Å². The van der Waals surface area contributed by atoms with Crippen LogP contribution in [0.3, 0.4) is 0 Å². The summed E-state index contributed by atoms with van der Waals surface area (Å²) in [5.74, 6) is 0.235. The molecule has 0 aromatic heterocycles. The summed E-state index contributed by atoms with van der Waals surface area (Å²) in [5, 5.41) is 11.7. The molecule has 3 aromatic rings. The summed E-state index contributed by atoms with van der Waals surface area (Å²) in [6.45, 7) is 0. The highest BCUT2D eigenvalue weighted by molar-refractivity contribution is 6.33. The van der Waals surface area contributed by atoms with Gasteiger partial charge in [0, 0.05) is 45.7 Å². The summed E-state index contributed by atoms with van der Waals surface area (Å²) < 4.78 is 5.89. The number of aromatic hydroxyl groups is 1. The number of fused-ring (bicyclic) bond motifs is 2. The lowest BCUT2D eigenvalue weighted by Crippen LogP contribution is -2.03. The summed E-state index contributed by atoms with van der Waals surface area (Å²) in [7, 11) is 0. The molecule has 3 aromatic carbocycles. The first-order chi connectivity index (χ1) is 17.3. The summed E-state index contributed by atoms with van der Waals surface area (Å²) in [6.07, 6.45) is 1.82. The molecule has 0 saturated carbocycles. The molecule has 2 aliphatic rings. The number of phenolic OH excluding ortho intramolecular Hbond substituents is 1. The Morgan fingerprint density at radius 3 is 2.36 bits per heavy atom. The SMILES string of the molecule is O=C(CCCc1ccccc1Cl)c1ccc(-c2c3cc(Cl)c(=O)cc-3oc3cc(O)c(Cl)cc23)cc1. The molecule has 0 saturated heterocycles. The first kappa shape index (κ1) is 24.4. The second-order valence-corrected chi connectivity index (χ2v) is 9.72. The van der Waals surface area contributed by atoms with Crippen molar-refractivity contribution in [3.63, 3.8) is 0 Å². The molecule has 5 rings (SSSR count). The van der Waals surface area contributed by atoms with Crippen LogP contribution in [0.2, 0.25) is 15.1 Å². The van der Waals surface area contributed by atoms with Crippen LogP contribution >= 0.6 is 34.8 Å². The maximum atomic E-state index is 12.8. The number of benzene rings is 4. The fraction of sp³-hybridized carbons (Fsp3) is 0.103. The summed E-state index contributed by atoms with van der Waals surface area (Å²) >= 11 is 18.6. The molecule has 0 unspecified atom stereocenters. The second-order valence-electron chi connectivity index (χ2n) is 8.50. The molecule has 1 aliphatic carbocycles. The van der Waals surface area contributed by atoms with Gasteiger partial charge < -0.3 is 9.52 Å². The average Bonchev–Trinajstić information content (AvgIpc) is 2.86. The molecule has 1 heterocycles. The lowest BCUT2D eigenvalue weighted by Gasteiger charge is -2.16. The highest BCUT2D eigenvalue weighted by Gasteiger charge is 2.20. The predicted octanol–water partition coefficient (Wildman–Crippen LogP) is 8.44. The molecule has 0 atom stereocenters. The molecule has 0 fully saturated rings. The quantitative estimate of drug-likeness (QED) is 0.174. The van der Waals surface area contributed by atoms with Gasteiger partial charge in [0.05, 0.1) is 10.0 Å². The van der Waals surface area contributed by atoms with E-state index in [1.165, 1.54) is 12.1 Å². The van der Waals surface area contributed by atoms with Gasteiger partial charge >= 0.3 is 0 Å². The van der Waals surface area contributed by atoms with E-state index in [9.17, 15) is 14.7 Å². The van der Waals surface area contributed by atoms with Crippen molar-refractivity contribution < 1.29 is 14.3 Å². The number of hydrogen-bond acceptors (Lipinski definition) is 4. The molecule has 0 amide bonds. The molecule has 0 spiro atoms. The first-order valence-corrected chi connectivity index (χ1v) is 12.4. The fourth-order valence-corrected chi connectivity index (χ4v) is 4.88. The molecule has 0 radical (unpaired) electrons. The number of carbonyl (C=O) groups excluding carboxylic acids is 1. The summed E-state index contributed by atoms with van der Waals surface area (Å²) in [5.41, 5.74) is 3.75. The van der Waals surface area contributed by atoms with E-state index in [4.69, 9.17) is 39.2 Å². The Morgan fingerprint density at radius 1 is 0.861 bits per heavy atom. The third kappa shape index (κ3) is 4.72. The van der Waals surface area contributed by atoms with Crippen molar-refractivity contribution in [2.75, 3.05) is 0 Å². The largest absolute Gasteiger partial charge is 0.506 e. The van der Waals surface area contributed by atoms with Gasteiger partial charge in [0.15, 0.2) is 5.78 Å². The Labute approximate surface area is 222 Å². The van der Waals surface area contributed by atoms with Crippen LogP contribution in [0.25, 0.3) is 33.4 Å². The highest BCUT2D eigenvalue weighted by Crippen LogP contribution is 2.43. The van der Waals surface area contributed by atoms with Gasteiger partial charge in [-0.05, 0) is 42.2 Å². The van der Waals surface area contributed by atoms with E-state index >= 15 is 0 Å². The Bertz CT molecular complexity index is 1640. The van der Waals surface area contributed by atoms with Crippen LogP contribution in [-0.4, -0.2) is 10.9 Å². The van der Waals surface area contributed by atoms with E-state index < -0.39 is 0 Å². The average molecular weight is 538 g/mol. The molecule has 180 valence electrons. The van der Waals surface area contributed by atoms with Gasteiger partial charge in [-0.3, -0.25) is 9.59 Å². The number of phenols is 1. The molecule has 36 heavy (non-hydrogen) atoms. The molecule has 0 bridgehead atoms.